The van der Waals surface area contributed by atoms with E-state index in [1.165, 1.54) is 11.8 Å². The fourth-order valence-electron chi connectivity index (χ4n) is 3.82. The molecule has 0 bridgehead atoms. The van der Waals surface area contributed by atoms with E-state index < -0.39 is 5.25 Å². The number of fused-ring (bicyclic) bond motifs is 1. The first kappa shape index (κ1) is 21.6. The van der Waals surface area contributed by atoms with Crippen LogP contribution in [0.4, 0.5) is 5.69 Å². The molecule has 0 spiro atoms. The Morgan fingerprint density at radius 2 is 1.79 bits per heavy atom. The minimum atomic E-state index is -0.466. The molecule has 4 aromatic rings. The number of nitrogens with zero attached hydrogens (tertiary/aromatic N) is 3. The van der Waals surface area contributed by atoms with Gasteiger partial charge in [0.15, 0.2) is 5.82 Å². The smallest absolute Gasteiger partial charge is 0.240 e. The average Bonchev–Trinajstić information content (AvgIpc) is 3.25. The molecule has 1 aliphatic rings. The fraction of sp³-hybridized carbons (Fsp3) is 0.160. The van der Waals surface area contributed by atoms with Crippen molar-refractivity contribution in [3.8, 4) is 11.4 Å². The average molecular weight is 476 g/mol. The van der Waals surface area contributed by atoms with Crippen molar-refractivity contribution in [3.05, 3.63) is 94.5 Å². The maximum absolute atomic E-state index is 13.5. The maximum atomic E-state index is 13.5. The van der Waals surface area contributed by atoms with E-state index in [4.69, 9.17) is 11.6 Å². The van der Waals surface area contributed by atoms with Crippen LogP contribution in [-0.2, 0) is 4.79 Å². The monoisotopic (exact) mass is 475 g/mol. The van der Waals surface area contributed by atoms with Crippen LogP contribution in [0, 0.1) is 13.8 Å². The van der Waals surface area contributed by atoms with Crippen LogP contribution in [0.25, 0.3) is 11.4 Å². The SMILES string of the molecule is Cc1ccc(C)c(NC(=O)C2Sc3nnc(-c4ccccc4)n3NC2c2ccc(Cl)cc2)c1. The summed E-state index contributed by atoms with van der Waals surface area (Å²) in [4.78, 5) is 13.5. The van der Waals surface area contributed by atoms with E-state index >= 15 is 0 Å². The van der Waals surface area contributed by atoms with Crippen molar-refractivity contribution in [2.75, 3.05) is 10.7 Å². The maximum Gasteiger partial charge on any atom is 0.240 e. The molecule has 2 atom stereocenters. The summed E-state index contributed by atoms with van der Waals surface area (Å²) in [6, 6.07) is 23.1. The topological polar surface area (TPSA) is 71.8 Å². The number of hydrogen-bond acceptors (Lipinski definition) is 5. The van der Waals surface area contributed by atoms with Crippen LogP contribution < -0.4 is 10.7 Å². The van der Waals surface area contributed by atoms with E-state index in [1.54, 1.807) is 0 Å². The van der Waals surface area contributed by atoms with Gasteiger partial charge in [-0.2, -0.15) is 0 Å². The third-order valence-corrected chi connectivity index (χ3v) is 7.07. The number of carbonyl (C=O) groups excluding carboxylic acids is 1. The Hall–Kier alpha value is -3.29. The second-order valence-corrected chi connectivity index (χ2v) is 9.56. The summed E-state index contributed by atoms with van der Waals surface area (Å²) in [5.41, 5.74) is 8.30. The van der Waals surface area contributed by atoms with Crippen molar-refractivity contribution in [1.82, 2.24) is 14.9 Å². The Kier molecular flexibility index (Phi) is 5.83. The Morgan fingerprint density at radius 1 is 1.03 bits per heavy atom. The number of halogens is 1. The van der Waals surface area contributed by atoms with E-state index in [1.807, 2.05) is 91.3 Å². The summed E-state index contributed by atoms with van der Waals surface area (Å²) in [6.45, 7) is 4.00. The van der Waals surface area contributed by atoms with Gasteiger partial charge in [0.25, 0.3) is 0 Å². The van der Waals surface area contributed by atoms with E-state index in [0.29, 0.717) is 16.0 Å². The summed E-state index contributed by atoms with van der Waals surface area (Å²) in [5.74, 6) is 0.599. The van der Waals surface area contributed by atoms with Gasteiger partial charge in [0.1, 0.15) is 5.25 Å². The molecule has 5 rings (SSSR count). The van der Waals surface area contributed by atoms with Crippen molar-refractivity contribution in [2.24, 2.45) is 0 Å². The number of nitrogens with one attached hydrogen (secondary N) is 2. The van der Waals surface area contributed by atoms with Crippen LogP contribution in [-0.4, -0.2) is 26.0 Å². The van der Waals surface area contributed by atoms with Gasteiger partial charge in [-0.1, -0.05) is 78.0 Å². The van der Waals surface area contributed by atoms with Crippen LogP contribution in [0.5, 0.6) is 0 Å². The van der Waals surface area contributed by atoms with Crippen molar-refractivity contribution < 1.29 is 4.79 Å². The van der Waals surface area contributed by atoms with Crippen molar-refractivity contribution in [2.45, 2.75) is 30.3 Å². The van der Waals surface area contributed by atoms with Gasteiger partial charge in [-0.3, -0.25) is 4.79 Å². The molecular formula is C25H22ClN5OS. The van der Waals surface area contributed by atoms with Crippen LogP contribution in [0.1, 0.15) is 22.7 Å². The molecule has 0 saturated carbocycles. The van der Waals surface area contributed by atoms with E-state index in [2.05, 4.69) is 20.9 Å². The molecule has 1 aliphatic heterocycles. The number of hydrogen-bond donors (Lipinski definition) is 2. The first-order chi connectivity index (χ1) is 16.0. The van der Waals surface area contributed by atoms with Gasteiger partial charge in [0.05, 0.1) is 6.04 Å². The molecule has 0 aliphatic carbocycles. The molecule has 0 saturated heterocycles. The molecule has 2 unspecified atom stereocenters. The second kappa shape index (κ2) is 8.92. The largest absolute Gasteiger partial charge is 0.325 e. The zero-order chi connectivity index (χ0) is 22.9. The summed E-state index contributed by atoms with van der Waals surface area (Å²) in [6.07, 6.45) is 0. The zero-order valence-electron chi connectivity index (χ0n) is 18.1. The highest BCUT2D eigenvalue weighted by Gasteiger charge is 2.38. The second-order valence-electron chi connectivity index (χ2n) is 8.01. The third kappa shape index (κ3) is 4.34. The molecule has 8 heteroatoms. The van der Waals surface area contributed by atoms with E-state index in [-0.39, 0.29) is 11.9 Å². The van der Waals surface area contributed by atoms with Gasteiger partial charge in [-0.25, -0.2) is 4.68 Å². The molecule has 3 aromatic carbocycles. The highest BCUT2D eigenvalue weighted by atomic mass is 35.5. The summed E-state index contributed by atoms with van der Waals surface area (Å²) < 4.78 is 1.86. The number of carbonyl (C=O) groups is 1. The lowest BCUT2D eigenvalue weighted by Gasteiger charge is -2.33. The van der Waals surface area contributed by atoms with Crippen LogP contribution in [0.15, 0.2) is 78.0 Å². The predicted molar refractivity (Wildman–Crippen MR) is 133 cm³/mol. The van der Waals surface area contributed by atoms with Gasteiger partial charge in [0, 0.05) is 16.3 Å². The summed E-state index contributed by atoms with van der Waals surface area (Å²) >= 11 is 7.53. The highest BCUT2D eigenvalue weighted by molar-refractivity contribution is 8.00. The lowest BCUT2D eigenvalue weighted by molar-refractivity contribution is -0.116. The minimum absolute atomic E-state index is 0.100. The van der Waals surface area contributed by atoms with Crippen molar-refractivity contribution >= 4 is 35.0 Å². The van der Waals surface area contributed by atoms with Gasteiger partial charge < -0.3 is 10.7 Å². The van der Waals surface area contributed by atoms with Crippen LogP contribution in [0.3, 0.4) is 0 Å². The number of thioether (sulfide) groups is 1. The van der Waals surface area contributed by atoms with Crippen molar-refractivity contribution in [3.63, 3.8) is 0 Å². The van der Waals surface area contributed by atoms with Gasteiger partial charge in [-0.05, 0) is 48.7 Å². The Labute approximate surface area is 201 Å². The fourth-order valence-corrected chi connectivity index (χ4v) is 5.03. The van der Waals surface area contributed by atoms with E-state index in [0.717, 1.165) is 27.9 Å². The van der Waals surface area contributed by atoms with Crippen LogP contribution >= 0.6 is 23.4 Å². The Morgan fingerprint density at radius 3 is 2.55 bits per heavy atom. The number of anilines is 1. The number of amides is 1. The molecule has 33 heavy (non-hydrogen) atoms. The number of rotatable bonds is 4. The molecule has 2 heterocycles. The Bertz CT molecular complexity index is 1310. The predicted octanol–water partition coefficient (Wildman–Crippen LogP) is 5.61. The molecule has 0 fully saturated rings. The van der Waals surface area contributed by atoms with Crippen molar-refractivity contribution in [1.29, 1.82) is 0 Å². The molecule has 0 radical (unpaired) electrons. The molecule has 6 nitrogen and oxygen atoms in total. The standard InChI is InChI=1S/C25H22ClN5OS/c1-15-8-9-16(2)20(14-15)27-24(32)22-21(17-10-12-19(26)13-11-17)30-31-23(28-29-25(31)33-22)18-6-4-3-5-7-18/h3-14,21-22,30H,1-2H3,(H,27,32). The normalized spacial score (nSPS) is 17.2. The lowest BCUT2D eigenvalue weighted by atomic mass is 10.0. The quantitative estimate of drug-likeness (QED) is 0.401. The molecular weight excluding hydrogens is 454 g/mol. The third-order valence-electron chi connectivity index (χ3n) is 5.61. The number of aromatic nitrogens is 3. The minimum Gasteiger partial charge on any atom is -0.325 e. The molecule has 2 N–H and O–H groups in total. The summed E-state index contributed by atoms with van der Waals surface area (Å²) in [5, 5.41) is 12.7. The highest BCUT2D eigenvalue weighted by Crippen LogP contribution is 2.39. The number of benzene rings is 3. The Balaban J connectivity index is 1.52. The molecule has 1 amide bonds. The lowest BCUT2D eigenvalue weighted by Crippen LogP contribution is -2.41. The van der Waals surface area contributed by atoms with Gasteiger partial charge >= 0.3 is 0 Å². The molecule has 1 aromatic heterocycles. The zero-order valence-corrected chi connectivity index (χ0v) is 19.7. The van der Waals surface area contributed by atoms with Gasteiger partial charge in [-0.15, -0.1) is 10.2 Å². The van der Waals surface area contributed by atoms with E-state index in [9.17, 15) is 4.79 Å². The molecule has 166 valence electrons. The summed E-state index contributed by atoms with van der Waals surface area (Å²) in [7, 11) is 0. The number of aryl methyl sites for hydroxylation is 2. The first-order valence-electron chi connectivity index (χ1n) is 10.6. The van der Waals surface area contributed by atoms with Gasteiger partial charge in [0.2, 0.25) is 11.1 Å². The first-order valence-corrected chi connectivity index (χ1v) is 11.8. The van der Waals surface area contributed by atoms with Crippen LogP contribution in [0.2, 0.25) is 5.02 Å².